The minimum Gasteiger partial charge on any atom is -0.497 e. The van der Waals surface area contributed by atoms with Gasteiger partial charge in [0.05, 0.1) is 38.5 Å². The molecule has 1 N–H and O–H groups in total. The Hall–Kier alpha value is -3.92. The topological polar surface area (TPSA) is 103 Å². The summed E-state index contributed by atoms with van der Waals surface area (Å²) in [5.74, 6) is 1.58. The Morgan fingerprint density at radius 3 is 2.20 bits per heavy atom. The van der Waals surface area contributed by atoms with Crippen LogP contribution in [0.2, 0.25) is 0 Å². The number of nitrogens with zero attached hydrogens (tertiary/aromatic N) is 1. The van der Waals surface area contributed by atoms with Gasteiger partial charge in [-0.05, 0) is 48.5 Å². The van der Waals surface area contributed by atoms with Crippen LogP contribution >= 0.6 is 0 Å². The molecule has 0 unspecified atom stereocenters. The molecule has 0 bridgehead atoms. The lowest BCUT2D eigenvalue weighted by Gasteiger charge is -2.25. The largest absolute Gasteiger partial charge is 0.497 e. The second kappa shape index (κ2) is 12.0. The number of rotatable bonds is 12. The SMILES string of the molecule is COc1ccc(S(=O)(=O)N(CC(=O)NCCOc2cccc(OC)c2)c2ccccc2OC)cc1. The number of para-hydroxylation sites is 2. The van der Waals surface area contributed by atoms with Gasteiger partial charge in [0, 0.05) is 6.07 Å². The normalized spacial score (nSPS) is 10.8. The molecule has 186 valence electrons. The number of hydrogen-bond acceptors (Lipinski definition) is 7. The number of methoxy groups -OCH3 is 3. The van der Waals surface area contributed by atoms with Crippen LogP contribution in [0, 0.1) is 0 Å². The van der Waals surface area contributed by atoms with E-state index in [-0.39, 0.29) is 23.7 Å². The quantitative estimate of drug-likeness (QED) is 0.381. The van der Waals surface area contributed by atoms with Gasteiger partial charge in [0.25, 0.3) is 10.0 Å². The Morgan fingerprint density at radius 1 is 0.829 bits per heavy atom. The highest BCUT2D eigenvalue weighted by Crippen LogP contribution is 2.32. The van der Waals surface area contributed by atoms with Crippen LogP contribution in [0.25, 0.3) is 0 Å². The lowest BCUT2D eigenvalue weighted by molar-refractivity contribution is -0.119. The maximum absolute atomic E-state index is 13.5. The summed E-state index contributed by atoms with van der Waals surface area (Å²) >= 11 is 0. The third-order valence-corrected chi connectivity index (χ3v) is 6.80. The van der Waals surface area contributed by atoms with Crippen molar-refractivity contribution in [2.75, 3.05) is 45.3 Å². The molecule has 0 radical (unpaired) electrons. The summed E-state index contributed by atoms with van der Waals surface area (Å²) in [6, 6.07) is 19.6. The Morgan fingerprint density at radius 2 is 1.51 bits per heavy atom. The zero-order valence-electron chi connectivity index (χ0n) is 19.8. The van der Waals surface area contributed by atoms with Gasteiger partial charge in [-0.3, -0.25) is 9.10 Å². The van der Waals surface area contributed by atoms with Crippen molar-refractivity contribution >= 4 is 21.6 Å². The van der Waals surface area contributed by atoms with Gasteiger partial charge in [0.1, 0.15) is 36.1 Å². The first-order valence-corrected chi connectivity index (χ1v) is 12.2. The van der Waals surface area contributed by atoms with Crippen LogP contribution in [-0.4, -0.2) is 55.4 Å². The minimum absolute atomic E-state index is 0.0124. The van der Waals surface area contributed by atoms with E-state index in [0.717, 1.165) is 4.31 Å². The van der Waals surface area contributed by atoms with Gasteiger partial charge in [-0.1, -0.05) is 18.2 Å². The highest BCUT2D eigenvalue weighted by atomic mass is 32.2. The van der Waals surface area contributed by atoms with Crippen molar-refractivity contribution in [3.8, 4) is 23.0 Å². The van der Waals surface area contributed by atoms with Crippen LogP contribution in [0.15, 0.2) is 77.7 Å². The average molecular weight is 501 g/mol. The van der Waals surface area contributed by atoms with E-state index in [2.05, 4.69) is 5.32 Å². The van der Waals surface area contributed by atoms with E-state index in [1.54, 1.807) is 67.8 Å². The van der Waals surface area contributed by atoms with Gasteiger partial charge in [0.15, 0.2) is 0 Å². The average Bonchev–Trinajstić information content (AvgIpc) is 2.89. The number of amides is 1. The fourth-order valence-corrected chi connectivity index (χ4v) is 4.68. The first-order chi connectivity index (χ1) is 16.9. The highest BCUT2D eigenvalue weighted by Gasteiger charge is 2.29. The zero-order valence-corrected chi connectivity index (χ0v) is 20.6. The predicted molar refractivity (Wildman–Crippen MR) is 132 cm³/mol. The molecule has 0 spiro atoms. The molecule has 3 aromatic carbocycles. The van der Waals surface area contributed by atoms with E-state index in [0.29, 0.717) is 23.0 Å². The zero-order chi connectivity index (χ0) is 25.3. The van der Waals surface area contributed by atoms with Crippen LogP contribution in [-0.2, 0) is 14.8 Å². The fraction of sp³-hybridized carbons (Fsp3) is 0.240. The number of ether oxygens (including phenoxy) is 4. The standard InChI is InChI=1S/C25H28N2O7S/c1-31-19-11-13-22(14-12-19)35(29,30)27(23-9-4-5-10-24(23)33-3)18-25(28)26-15-16-34-21-8-6-7-20(17-21)32-2/h4-14,17H,15-16,18H2,1-3H3,(H,26,28). The third-order valence-electron chi connectivity index (χ3n) is 5.02. The van der Waals surface area contributed by atoms with E-state index < -0.39 is 22.5 Å². The summed E-state index contributed by atoms with van der Waals surface area (Å²) in [6.45, 7) is -0.0783. The Balaban J connectivity index is 1.74. The molecule has 3 aromatic rings. The summed E-state index contributed by atoms with van der Waals surface area (Å²) < 4.78 is 49.3. The number of benzene rings is 3. The maximum Gasteiger partial charge on any atom is 0.264 e. The van der Waals surface area contributed by atoms with Crippen molar-refractivity contribution in [2.45, 2.75) is 4.90 Å². The molecular weight excluding hydrogens is 472 g/mol. The van der Waals surface area contributed by atoms with Crippen molar-refractivity contribution in [1.82, 2.24) is 5.32 Å². The molecule has 10 heteroatoms. The number of carbonyl (C=O) groups excluding carboxylic acids is 1. The molecular formula is C25H28N2O7S. The molecule has 0 saturated heterocycles. The summed E-state index contributed by atoms with van der Waals surface area (Å²) in [5.41, 5.74) is 0.244. The lowest BCUT2D eigenvalue weighted by atomic mass is 10.3. The monoisotopic (exact) mass is 500 g/mol. The Labute approximate surface area is 205 Å². The molecule has 3 rings (SSSR count). The van der Waals surface area contributed by atoms with Crippen LogP contribution < -0.4 is 28.6 Å². The molecule has 35 heavy (non-hydrogen) atoms. The Bertz CT molecular complexity index is 1230. The van der Waals surface area contributed by atoms with Gasteiger partial charge in [-0.15, -0.1) is 0 Å². The minimum atomic E-state index is -4.10. The van der Waals surface area contributed by atoms with Crippen molar-refractivity contribution in [3.05, 3.63) is 72.8 Å². The second-order valence-electron chi connectivity index (χ2n) is 7.24. The van der Waals surface area contributed by atoms with Gasteiger partial charge >= 0.3 is 0 Å². The molecule has 0 aliphatic carbocycles. The molecule has 0 heterocycles. The van der Waals surface area contributed by atoms with Crippen molar-refractivity contribution in [2.24, 2.45) is 0 Å². The van der Waals surface area contributed by atoms with Gasteiger partial charge < -0.3 is 24.3 Å². The van der Waals surface area contributed by atoms with E-state index in [1.807, 2.05) is 0 Å². The molecule has 1 amide bonds. The fourth-order valence-electron chi connectivity index (χ4n) is 3.25. The lowest BCUT2D eigenvalue weighted by Crippen LogP contribution is -2.42. The summed E-state index contributed by atoms with van der Waals surface area (Å²) in [5, 5.41) is 2.70. The van der Waals surface area contributed by atoms with E-state index in [9.17, 15) is 13.2 Å². The Kier molecular flexibility index (Phi) is 8.80. The van der Waals surface area contributed by atoms with Gasteiger partial charge in [0.2, 0.25) is 5.91 Å². The molecule has 0 aromatic heterocycles. The molecule has 0 fully saturated rings. The summed E-state index contributed by atoms with van der Waals surface area (Å²) in [4.78, 5) is 12.8. The summed E-state index contributed by atoms with van der Waals surface area (Å²) in [7, 11) is 0.397. The molecule has 0 aliphatic heterocycles. The molecule has 0 aliphatic rings. The number of carbonyl (C=O) groups is 1. The third kappa shape index (κ3) is 6.57. The van der Waals surface area contributed by atoms with Crippen molar-refractivity contribution in [1.29, 1.82) is 0 Å². The van der Waals surface area contributed by atoms with E-state index in [1.165, 1.54) is 26.4 Å². The van der Waals surface area contributed by atoms with Crippen molar-refractivity contribution < 1.29 is 32.2 Å². The molecule has 9 nitrogen and oxygen atoms in total. The van der Waals surface area contributed by atoms with Crippen LogP contribution in [0.5, 0.6) is 23.0 Å². The smallest absolute Gasteiger partial charge is 0.264 e. The summed E-state index contributed by atoms with van der Waals surface area (Å²) in [6.07, 6.45) is 0. The second-order valence-corrected chi connectivity index (χ2v) is 9.10. The highest BCUT2D eigenvalue weighted by molar-refractivity contribution is 7.92. The van der Waals surface area contributed by atoms with E-state index in [4.69, 9.17) is 18.9 Å². The number of nitrogens with one attached hydrogen (secondary N) is 1. The first-order valence-electron chi connectivity index (χ1n) is 10.7. The van der Waals surface area contributed by atoms with Crippen molar-refractivity contribution in [3.63, 3.8) is 0 Å². The number of anilines is 1. The maximum atomic E-state index is 13.5. The van der Waals surface area contributed by atoms with Crippen LogP contribution in [0.1, 0.15) is 0 Å². The first kappa shape index (κ1) is 25.7. The van der Waals surface area contributed by atoms with Crippen LogP contribution in [0.4, 0.5) is 5.69 Å². The van der Waals surface area contributed by atoms with Gasteiger partial charge in [-0.2, -0.15) is 0 Å². The van der Waals surface area contributed by atoms with E-state index >= 15 is 0 Å². The number of sulfonamides is 1. The predicted octanol–water partition coefficient (Wildman–Crippen LogP) is 3.10. The number of hydrogen-bond donors (Lipinski definition) is 1. The molecule has 0 atom stereocenters. The van der Waals surface area contributed by atoms with Gasteiger partial charge in [-0.25, -0.2) is 8.42 Å². The van der Waals surface area contributed by atoms with Crippen LogP contribution in [0.3, 0.4) is 0 Å². The molecule has 0 saturated carbocycles.